The quantitative estimate of drug-likeness (QED) is 0.644. The zero-order chi connectivity index (χ0) is 8.27. The van der Waals surface area contributed by atoms with Crippen LogP contribution in [0.25, 0.3) is 0 Å². The molecule has 1 rings (SSSR count). The van der Waals surface area contributed by atoms with Crippen molar-refractivity contribution in [2.75, 3.05) is 0 Å². The van der Waals surface area contributed by atoms with Crippen molar-refractivity contribution in [2.45, 2.75) is 0 Å². The zero-order valence-electron chi connectivity index (χ0n) is 5.47. The number of hydrogen-bond donors (Lipinski definition) is 1. The Bertz CT molecular complexity index is 277. The molecule has 1 N–H and O–H groups in total. The second-order valence-electron chi connectivity index (χ2n) is 1.90. The van der Waals surface area contributed by atoms with Crippen molar-refractivity contribution in [1.29, 1.82) is 0 Å². The lowest BCUT2D eigenvalue weighted by atomic mass is 10.2. The molecule has 58 valence electrons. The van der Waals surface area contributed by atoms with E-state index in [-0.39, 0.29) is 5.56 Å². The first-order chi connectivity index (χ1) is 5.25. The summed E-state index contributed by atoms with van der Waals surface area (Å²) in [6.07, 6.45) is 0. The lowest BCUT2D eigenvalue weighted by Gasteiger charge is -1.97. The van der Waals surface area contributed by atoms with Gasteiger partial charge in [0.2, 0.25) is 0 Å². The summed E-state index contributed by atoms with van der Waals surface area (Å²) in [6.45, 7) is 0. The third-order valence-corrected chi connectivity index (χ3v) is 1.38. The number of hydrogen-bond acceptors (Lipinski definition) is 1. The maximum Gasteiger partial charge on any atom is 0.268 e. The van der Waals surface area contributed by atoms with Gasteiger partial charge in [-0.2, -0.15) is 0 Å². The summed E-state index contributed by atoms with van der Waals surface area (Å²) in [5.74, 6) is -1.21. The van der Waals surface area contributed by atoms with Crippen LogP contribution in [0.5, 0.6) is 0 Å². The third kappa shape index (κ3) is 1.68. The van der Waals surface area contributed by atoms with Gasteiger partial charge in [0.1, 0.15) is 5.82 Å². The van der Waals surface area contributed by atoms with Gasteiger partial charge in [-0.15, -0.1) is 0 Å². The molecule has 11 heavy (non-hydrogen) atoms. The standard InChI is InChI=1S/C7H5ClFNO/c8-10-7(11)5-3-1-2-4-6(5)9/h1-4H,(H,10,11). The molecule has 0 aliphatic heterocycles. The molecule has 0 unspecified atom stereocenters. The van der Waals surface area contributed by atoms with E-state index in [9.17, 15) is 9.18 Å². The maximum atomic E-state index is 12.7. The normalized spacial score (nSPS) is 9.27. The van der Waals surface area contributed by atoms with Crippen LogP contribution in [0.1, 0.15) is 10.4 Å². The van der Waals surface area contributed by atoms with Gasteiger partial charge in [-0.3, -0.25) is 9.63 Å². The van der Waals surface area contributed by atoms with Crippen LogP contribution < -0.4 is 4.84 Å². The van der Waals surface area contributed by atoms with Crippen molar-refractivity contribution < 1.29 is 9.18 Å². The second kappa shape index (κ2) is 3.34. The van der Waals surface area contributed by atoms with Crippen LogP contribution >= 0.6 is 11.8 Å². The average Bonchev–Trinajstić information content (AvgIpc) is 2.04. The van der Waals surface area contributed by atoms with Crippen LogP contribution in [0.15, 0.2) is 24.3 Å². The van der Waals surface area contributed by atoms with E-state index >= 15 is 0 Å². The number of carbonyl (C=O) groups excluding carboxylic acids is 1. The highest BCUT2D eigenvalue weighted by atomic mass is 35.5. The summed E-state index contributed by atoms with van der Waals surface area (Å²) < 4.78 is 12.7. The van der Waals surface area contributed by atoms with Gasteiger partial charge in [-0.05, 0) is 12.1 Å². The molecule has 0 fully saturated rings. The largest absolute Gasteiger partial charge is 0.268 e. The van der Waals surface area contributed by atoms with E-state index in [2.05, 4.69) is 0 Å². The monoisotopic (exact) mass is 173 g/mol. The Kier molecular flexibility index (Phi) is 2.44. The minimum Gasteiger partial charge on any atom is -0.268 e. The third-order valence-electron chi connectivity index (χ3n) is 1.20. The van der Waals surface area contributed by atoms with Gasteiger partial charge < -0.3 is 0 Å². The smallest absolute Gasteiger partial charge is 0.268 e. The van der Waals surface area contributed by atoms with Crippen molar-refractivity contribution in [3.63, 3.8) is 0 Å². The predicted octanol–water partition coefficient (Wildman–Crippen LogP) is 1.71. The van der Waals surface area contributed by atoms with Gasteiger partial charge >= 0.3 is 0 Å². The van der Waals surface area contributed by atoms with Crippen LogP contribution in [-0.2, 0) is 0 Å². The molecule has 1 aromatic carbocycles. The van der Waals surface area contributed by atoms with Crippen molar-refractivity contribution >= 4 is 17.7 Å². The van der Waals surface area contributed by atoms with Crippen LogP contribution in [-0.4, -0.2) is 5.91 Å². The first kappa shape index (κ1) is 8.01. The molecule has 1 amide bonds. The van der Waals surface area contributed by atoms with Crippen LogP contribution in [0.2, 0.25) is 0 Å². The first-order valence-corrected chi connectivity index (χ1v) is 3.29. The maximum absolute atomic E-state index is 12.7. The number of amides is 1. The van der Waals surface area contributed by atoms with Crippen molar-refractivity contribution in [2.24, 2.45) is 0 Å². The highest BCUT2D eigenvalue weighted by Gasteiger charge is 2.07. The van der Waals surface area contributed by atoms with Crippen molar-refractivity contribution in [3.8, 4) is 0 Å². The molecule has 0 aromatic heterocycles. The van der Waals surface area contributed by atoms with E-state index in [0.29, 0.717) is 0 Å². The van der Waals surface area contributed by atoms with Crippen LogP contribution in [0.4, 0.5) is 4.39 Å². The Labute approximate surface area is 68.1 Å². The summed E-state index contributed by atoms with van der Waals surface area (Å²) in [5.41, 5.74) is -0.0532. The summed E-state index contributed by atoms with van der Waals surface area (Å²) in [7, 11) is 0. The summed E-state index contributed by atoms with van der Waals surface area (Å²) >= 11 is 4.99. The van der Waals surface area contributed by atoms with Gasteiger partial charge in [-0.1, -0.05) is 12.1 Å². The number of benzene rings is 1. The molecule has 0 saturated carbocycles. The Hall–Kier alpha value is -1.09. The Morgan fingerprint density at radius 2 is 2.09 bits per heavy atom. The minimum absolute atomic E-state index is 0.0532. The molecule has 4 heteroatoms. The van der Waals surface area contributed by atoms with Gasteiger partial charge in [-0.25, -0.2) is 4.39 Å². The summed E-state index contributed by atoms with van der Waals surface area (Å²) in [4.78, 5) is 12.6. The first-order valence-electron chi connectivity index (χ1n) is 2.91. The SMILES string of the molecule is O=C(NCl)c1ccccc1F. The minimum atomic E-state index is -0.634. The average molecular weight is 174 g/mol. The van der Waals surface area contributed by atoms with Gasteiger partial charge in [0, 0.05) is 11.8 Å². The van der Waals surface area contributed by atoms with Crippen LogP contribution in [0, 0.1) is 5.82 Å². The number of halogens is 2. The molecular weight excluding hydrogens is 169 g/mol. The molecule has 1 aromatic rings. The highest BCUT2D eigenvalue weighted by molar-refractivity contribution is 6.24. The number of nitrogens with one attached hydrogen (secondary N) is 1. The Balaban J connectivity index is 3.03. The zero-order valence-corrected chi connectivity index (χ0v) is 6.23. The molecular formula is C7H5ClFNO. The lowest BCUT2D eigenvalue weighted by Crippen LogP contribution is -2.13. The lowest BCUT2D eigenvalue weighted by molar-refractivity contribution is 0.0978. The molecule has 0 saturated heterocycles. The Morgan fingerprint density at radius 3 is 2.64 bits per heavy atom. The molecule has 0 spiro atoms. The van der Waals surface area contributed by atoms with Gasteiger partial charge in [0.25, 0.3) is 5.91 Å². The number of carbonyl (C=O) groups is 1. The van der Waals surface area contributed by atoms with E-state index in [1.165, 1.54) is 18.2 Å². The molecule has 0 radical (unpaired) electrons. The fourth-order valence-corrected chi connectivity index (χ4v) is 0.798. The number of rotatable bonds is 1. The topological polar surface area (TPSA) is 29.1 Å². The fourth-order valence-electron chi connectivity index (χ4n) is 0.696. The molecule has 0 aliphatic carbocycles. The van der Waals surface area contributed by atoms with E-state index in [4.69, 9.17) is 11.8 Å². The summed E-state index contributed by atoms with van der Waals surface area (Å²) in [5, 5.41) is 0. The van der Waals surface area contributed by atoms with Crippen molar-refractivity contribution in [1.82, 2.24) is 4.84 Å². The molecule has 0 atom stereocenters. The predicted molar refractivity (Wildman–Crippen MR) is 39.7 cm³/mol. The van der Waals surface area contributed by atoms with E-state index < -0.39 is 11.7 Å². The molecule has 0 aliphatic rings. The fraction of sp³-hybridized carbons (Fsp3) is 0. The second-order valence-corrected chi connectivity index (χ2v) is 2.09. The summed E-state index contributed by atoms with van der Waals surface area (Å²) in [6, 6.07) is 5.61. The molecule has 2 nitrogen and oxygen atoms in total. The molecule has 0 bridgehead atoms. The van der Waals surface area contributed by atoms with E-state index in [1.807, 2.05) is 4.84 Å². The van der Waals surface area contributed by atoms with E-state index in [0.717, 1.165) is 0 Å². The van der Waals surface area contributed by atoms with E-state index in [1.54, 1.807) is 6.07 Å². The highest BCUT2D eigenvalue weighted by Crippen LogP contribution is 2.05. The van der Waals surface area contributed by atoms with Crippen molar-refractivity contribution in [3.05, 3.63) is 35.6 Å². The van der Waals surface area contributed by atoms with Gasteiger partial charge in [0.05, 0.1) is 5.56 Å². The Morgan fingerprint density at radius 1 is 1.45 bits per heavy atom. The van der Waals surface area contributed by atoms with Crippen LogP contribution in [0.3, 0.4) is 0 Å². The molecule has 0 heterocycles. The van der Waals surface area contributed by atoms with Gasteiger partial charge in [0.15, 0.2) is 0 Å².